The molecular formula is C11H16FN. The predicted octanol–water partition coefficient (Wildman–Crippen LogP) is 2.45. The molecule has 1 unspecified atom stereocenters. The van der Waals surface area contributed by atoms with Crippen molar-refractivity contribution in [2.24, 2.45) is 5.73 Å². The molecule has 1 aromatic carbocycles. The smallest absolute Gasteiger partial charge is 0.126 e. The molecule has 0 fully saturated rings. The summed E-state index contributed by atoms with van der Waals surface area (Å²) in [5.74, 6) is -0.0401. The zero-order chi connectivity index (χ0) is 9.84. The van der Waals surface area contributed by atoms with Crippen molar-refractivity contribution in [2.45, 2.75) is 26.2 Å². The summed E-state index contributed by atoms with van der Waals surface area (Å²) < 4.78 is 13.3. The van der Waals surface area contributed by atoms with Crippen LogP contribution < -0.4 is 5.73 Å². The van der Waals surface area contributed by atoms with Crippen LogP contribution in [0, 0.1) is 5.82 Å². The van der Waals surface area contributed by atoms with Gasteiger partial charge < -0.3 is 5.73 Å². The molecule has 2 heteroatoms. The van der Waals surface area contributed by atoms with Gasteiger partial charge in [0.05, 0.1) is 0 Å². The molecule has 0 spiro atoms. The molecule has 1 atom stereocenters. The van der Waals surface area contributed by atoms with Crippen LogP contribution >= 0.6 is 0 Å². The van der Waals surface area contributed by atoms with Crippen LogP contribution in [0.3, 0.4) is 0 Å². The van der Waals surface area contributed by atoms with Crippen molar-refractivity contribution in [2.75, 3.05) is 6.54 Å². The molecule has 0 aliphatic carbocycles. The number of hydrogen-bond acceptors (Lipinski definition) is 1. The van der Waals surface area contributed by atoms with Crippen LogP contribution in [0.2, 0.25) is 0 Å². The summed E-state index contributed by atoms with van der Waals surface area (Å²) >= 11 is 0. The second-order valence-electron chi connectivity index (χ2n) is 3.35. The highest BCUT2D eigenvalue weighted by Crippen LogP contribution is 2.19. The Morgan fingerprint density at radius 3 is 2.69 bits per heavy atom. The Kier molecular flexibility index (Phi) is 3.43. The van der Waals surface area contributed by atoms with E-state index in [4.69, 9.17) is 5.73 Å². The molecule has 0 radical (unpaired) electrons. The van der Waals surface area contributed by atoms with Gasteiger partial charge in [-0.25, -0.2) is 4.39 Å². The summed E-state index contributed by atoms with van der Waals surface area (Å²) in [6, 6.07) is 5.26. The molecule has 0 heterocycles. The Bertz CT molecular complexity index is 283. The first kappa shape index (κ1) is 10.2. The zero-order valence-corrected chi connectivity index (χ0v) is 8.18. The van der Waals surface area contributed by atoms with E-state index in [9.17, 15) is 4.39 Å². The third-order valence-corrected chi connectivity index (χ3v) is 2.35. The molecule has 1 nitrogen and oxygen atoms in total. The molecule has 0 aromatic heterocycles. The van der Waals surface area contributed by atoms with Crippen LogP contribution in [-0.2, 0) is 6.42 Å². The quantitative estimate of drug-likeness (QED) is 0.761. The summed E-state index contributed by atoms with van der Waals surface area (Å²) in [5, 5.41) is 0. The number of halogens is 1. The van der Waals surface area contributed by atoms with Crippen molar-refractivity contribution in [1.82, 2.24) is 0 Å². The van der Waals surface area contributed by atoms with Gasteiger partial charge in [0, 0.05) is 0 Å². The molecule has 0 saturated carbocycles. The summed E-state index contributed by atoms with van der Waals surface area (Å²) in [5.41, 5.74) is 7.40. The predicted molar refractivity (Wildman–Crippen MR) is 53.2 cm³/mol. The third kappa shape index (κ3) is 2.28. The van der Waals surface area contributed by atoms with E-state index in [1.807, 2.05) is 19.1 Å². The van der Waals surface area contributed by atoms with E-state index in [0.29, 0.717) is 6.54 Å². The fourth-order valence-electron chi connectivity index (χ4n) is 1.32. The first-order valence-electron chi connectivity index (χ1n) is 4.67. The Labute approximate surface area is 78.8 Å². The van der Waals surface area contributed by atoms with Crippen molar-refractivity contribution in [3.05, 3.63) is 35.1 Å². The topological polar surface area (TPSA) is 26.0 Å². The molecule has 2 N–H and O–H groups in total. The summed E-state index contributed by atoms with van der Waals surface area (Å²) in [7, 11) is 0. The number of hydrogen-bond donors (Lipinski definition) is 1. The maximum absolute atomic E-state index is 13.3. The highest BCUT2D eigenvalue weighted by molar-refractivity contribution is 5.27. The second kappa shape index (κ2) is 4.38. The maximum Gasteiger partial charge on any atom is 0.126 e. The summed E-state index contributed by atoms with van der Waals surface area (Å²) in [6.07, 6.45) is 0.935. The molecule has 0 aliphatic rings. The highest BCUT2D eigenvalue weighted by atomic mass is 19.1. The van der Waals surface area contributed by atoms with Crippen LogP contribution in [0.15, 0.2) is 18.2 Å². The van der Waals surface area contributed by atoms with E-state index in [1.54, 1.807) is 0 Å². The molecule has 0 aliphatic heterocycles. The van der Waals surface area contributed by atoms with E-state index in [-0.39, 0.29) is 11.7 Å². The van der Waals surface area contributed by atoms with Crippen LogP contribution in [0.4, 0.5) is 4.39 Å². The van der Waals surface area contributed by atoms with Gasteiger partial charge in [0.15, 0.2) is 0 Å². The molecule has 1 rings (SSSR count). The minimum atomic E-state index is -0.143. The van der Waals surface area contributed by atoms with Crippen LogP contribution in [0.5, 0.6) is 0 Å². The molecule has 72 valence electrons. The van der Waals surface area contributed by atoms with E-state index < -0.39 is 0 Å². The number of benzene rings is 1. The first-order chi connectivity index (χ1) is 6.19. The minimum absolute atomic E-state index is 0.103. The van der Waals surface area contributed by atoms with Gasteiger partial charge in [-0.2, -0.15) is 0 Å². The van der Waals surface area contributed by atoms with E-state index in [0.717, 1.165) is 17.5 Å². The van der Waals surface area contributed by atoms with Crippen LogP contribution in [0.1, 0.15) is 30.9 Å². The fraction of sp³-hybridized carbons (Fsp3) is 0.455. The van der Waals surface area contributed by atoms with Gasteiger partial charge >= 0.3 is 0 Å². The number of nitrogens with two attached hydrogens (primary N) is 1. The van der Waals surface area contributed by atoms with Crippen LogP contribution in [-0.4, -0.2) is 6.54 Å². The van der Waals surface area contributed by atoms with Gasteiger partial charge in [0.25, 0.3) is 0 Å². The average molecular weight is 181 g/mol. The average Bonchev–Trinajstić information content (AvgIpc) is 2.17. The standard InChI is InChI=1S/C11H16FN/c1-3-9-4-5-11(12)10(6-9)8(2)7-13/h4-6,8H,3,7,13H2,1-2H3. The summed E-state index contributed by atoms with van der Waals surface area (Å²) in [6.45, 7) is 4.49. The van der Waals surface area contributed by atoms with Gasteiger partial charge in [-0.15, -0.1) is 0 Å². The van der Waals surface area contributed by atoms with Gasteiger partial charge in [-0.3, -0.25) is 0 Å². The largest absolute Gasteiger partial charge is 0.330 e. The number of rotatable bonds is 3. The van der Waals surface area contributed by atoms with E-state index in [1.165, 1.54) is 6.07 Å². The van der Waals surface area contributed by atoms with Gasteiger partial charge in [0.1, 0.15) is 5.82 Å². The normalized spacial score (nSPS) is 12.9. The van der Waals surface area contributed by atoms with Gasteiger partial charge in [0.2, 0.25) is 0 Å². The highest BCUT2D eigenvalue weighted by Gasteiger charge is 2.09. The summed E-state index contributed by atoms with van der Waals surface area (Å²) in [4.78, 5) is 0. The fourth-order valence-corrected chi connectivity index (χ4v) is 1.32. The first-order valence-corrected chi connectivity index (χ1v) is 4.67. The van der Waals surface area contributed by atoms with Crippen molar-refractivity contribution >= 4 is 0 Å². The van der Waals surface area contributed by atoms with Crippen molar-refractivity contribution in [3.8, 4) is 0 Å². The molecule has 0 amide bonds. The van der Waals surface area contributed by atoms with Gasteiger partial charge in [-0.1, -0.05) is 26.0 Å². The van der Waals surface area contributed by atoms with Crippen molar-refractivity contribution in [3.63, 3.8) is 0 Å². The van der Waals surface area contributed by atoms with E-state index in [2.05, 4.69) is 6.92 Å². The molecule has 13 heavy (non-hydrogen) atoms. The Morgan fingerprint density at radius 1 is 1.46 bits per heavy atom. The van der Waals surface area contributed by atoms with Gasteiger partial charge in [-0.05, 0) is 36.1 Å². The third-order valence-electron chi connectivity index (χ3n) is 2.35. The lowest BCUT2D eigenvalue weighted by Crippen LogP contribution is -2.10. The monoisotopic (exact) mass is 181 g/mol. The second-order valence-corrected chi connectivity index (χ2v) is 3.35. The molecule has 0 saturated heterocycles. The van der Waals surface area contributed by atoms with E-state index >= 15 is 0 Å². The minimum Gasteiger partial charge on any atom is -0.330 e. The SMILES string of the molecule is CCc1ccc(F)c(C(C)CN)c1. The number of aryl methyl sites for hydroxylation is 1. The maximum atomic E-state index is 13.3. The molecule has 1 aromatic rings. The Morgan fingerprint density at radius 2 is 2.15 bits per heavy atom. The molecular weight excluding hydrogens is 165 g/mol. The Balaban J connectivity index is 3.03. The lowest BCUT2D eigenvalue weighted by atomic mass is 9.98. The molecule has 0 bridgehead atoms. The van der Waals surface area contributed by atoms with Crippen LogP contribution in [0.25, 0.3) is 0 Å². The van der Waals surface area contributed by atoms with Crippen molar-refractivity contribution < 1.29 is 4.39 Å². The lowest BCUT2D eigenvalue weighted by molar-refractivity contribution is 0.589. The van der Waals surface area contributed by atoms with Crippen molar-refractivity contribution in [1.29, 1.82) is 0 Å². The lowest BCUT2D eigenvalue weighted by Gasteiger charge is -2.11. The Hall–Kier alpha value is -0.890. The zero-order valence-electron chi connectivity index (χ0n) is 8.18.